The van der Waals surface area contributed by atoms with Crippen LogP contribution in [-0.2, 0) is 10.1 Å². The molecule has 0 spiro atoms. The molecule has 7 nitrogen and oxygen atoms in total. The molecule has 0 amide bonds. The molecule has 0 fully saturated rings. The van der Waals surface area contributed by atoms with Gasteiger partial charge in [-0.2, -0.15) is 8.42 Å². The highest BCUT2D eigenvalue weighted by Crippen LogP contribution is 2.24. The van der Waals surface area contributed by atoms with Crippen molar-refractivity contribution in [1.29, 1.82) is 0 Å². The Morgan fingerprint density at radius 2 is 1.79 bits per heavy atom. The fourth-order valence-electron chi connectivity index (χ4n) is 1.83. The van der Waals surface area contributed by atoms with Gasteiger partial charge in [0, 0.05) is 0 Å². The molecule has 3 N–H and O–H groups in total. The summed E-state index contributed by atoms with van der Waals surface area (Å²) >= 11 is 0. The minimum atomic E-state index is -4.56. The predicted molar refractivity (Wildman–Crippen MR) is 69.1 cm³/mol. The first-order valence-corrected chi connectivity index (χ1v) is 6.92. The normalized spacial score (nSPS) is 12.2. The molecule has 8 heteroatoms. The third-order valence-corrected chi connectivity index (χ3v) is 3.65. The fraction of sp³-hybridized carbons (Fsp3) is 0.273. The van der Waals surface area contributed by atoms with Gasteiger partial charge in [0.15, 0.2) is 0 Å². The molecular formula is C11H12N2O5S. The van der Waals surface area contributed by atoms with Gasteiger partial charge >= 0.3 is 5.69 Å². The predicted octanol–water partition coefficient (Wildman–Crippen LogP) is 0.587. The summed E-state index contributed by atoms with van der Waals surface area (Å²) in [6.07, 6.45) is 0. The molecule has 0 aliphatic carbocycles. The Morgan fingerprint density at radius 1 is 1.16 bits per heavy atom. The Balaban J connectivity index is 3.08. The summed E-state index contributed by atoms with van der Waals surface area (Å²) in [4.78, 5) is 26.7. The van der Waals surface area contributed by atoms with E-state index in [2.05, 4.69) is 4.98 Å². The van der Waals surface area contributed by atoms with Crippen molar-refractivity contribution in [3.8, 4) is 0 Å². The first-order valence-electron chi connectivity index (χ1n) is 5.48. The molecule has 0 aliphatic heterocycles. The number of H-pyrrole nitrogens is 2. The largest absolute Gasteiger partial charge is 0.326 e. The van der Waals surface area contributed by atoms with Gasteiger partial charge in [-0.05, 0) is 23.6 Å². The molecule has 0 saturated carbocycles. The van der Waals surface area contributed by atoms with E-state index in [1.807, 2.05) is 18.8 Å². The number of hydrogen-bond acceptors (Lipinski definition) is 4. The van der Waals surface area contributed by atoms with Crippen molar-refractivity contribution >= 4 is 21.0 Å². The lowest BCUT2D eigenvalue weighted by Gasteiger charge is -2.09. The lowest BCUT2D eigenvalue weighted by atomic mass is 10.0. The summed E-state index contributed by atoms with van der Waals surface area (Å²) < 4.78 is 32.0. The summed E-state index contributed by atoms with van der Waals surface area (Å²) in [5, 5.41) is -0.258. The van der Waals surface area contributed by atoms with E-state index in [1.165, 1.54) is 12.1 Å². The van der Waals surface area contributed by atoms with E-state index >= 15 is 0 Å². The van der Waals surface area contributed by atoms with Crippen LogP contribution in [0.15, 0.2) is 26.6 Å². The first kappa shape index (κ1) is 13.5. The maximum absolute atomic E-state index is 11.7. The Kier molecular flexibility index (Phi) is 3.07. The molecule has 1 aromatic carbocycles. The fourth-order valence-corrected chi connectivity index (χ4v) is 2.57. The summed E-state index contributed by atoms with van der Waals surface area (Å²) in [6.45, 7) is 3.64. The topological polar surface area (TPSA) is 120 Å². The first-order chi connectivity index (χ1) is 8.70. The van der Waals surface area contributed by atoms with Gasteiger partial charge in [0.1, 0.15) is 4.90 Å². The second kappa shape index (κ2) is 4.32. The Bertz CT molecular complexity index is 861. The number of fused-ring (bicyclic) bond motifs is 1. The molecular weight excluding hydrogens is 272 g/mol. The number of hydrogen-bond donors (Lipinski definition) is 3. The summed E-state index contributed by atoms with van der Waals surface area (Å²) in [7, 11) is -4.56. The zero-order chi connectivity index (χ0) is 14.4. The number of benzene rings is 1. The molecule has 0 bridgehead atoms. The van der Waals surface area contributed by atoms with Crippen LogP contribution in [0.25, 0.3) is 10.9 Å². The highest BCUT2D eigenvalue weighted by Gasteiger charge is 2.19. The van der Waals surface area contributed by atoms with Crippen molar-refractivity contribution in [2.75, 3.05) is 0 Å². The van der Waals surface area contributed by atoms with Crippen LogP contribution < -0.4 is 11.2 Å². The van der Waals surface area contributed by atoms with E-state index < -0.39 is 26.3 Å². The smallest absolute Gasteiger partial charge is 0.307 e. The van der Waals surface area contributed by atoms with Gasteiger partial charge < -0.3 is 4.98 Å². The monoisotopic (exact) mass is 284 g/mol. The second-order valence-electron chi connectivity index (χ2n) is 4.48. The van der Waals surface area contributed by atoms with Crippen LogP contribution >= 0.6 is 0 Å². The SMILES string of the molecule is CC(C)c1cc(S(=O)(=O)O)c2c(=O)[nH]c(=O)[nH]c2c1. The Morgan fingerprint density at radius 3 is 2.32 bits per heavy atom. The number of nitrogens with one attached hydrogen (secondary N) is 2. The maximum Gasteiger partial charge on any atom is 0.326 e. The summed E-state index contributed by atoms with van der Waals surface area (Å²) in [5.41, 5.74) is -0.935. The van der Waals surface area contributed by atoms with Crippen LogP contribution in [0.4, 0.5) is 0 Å². The molecule has 0 saturated heterocycles. The van der Waals surface area contributed by atoms with E-state index in [1.54, 1.807) is 0 Å². The van der Waals surface area contributed by atoms with Gasteiger partial charge in [-0.3, -0.25) is 14.3 Å². The Labute approximate surface area is 108 Å². The van der Waals surface area contributed by atoms with Gasteiger partial charge in [-0.25, -0.2) is 4.79 Å². The number of rotatable bonds is 2. The molecule has 0 radical (unpaired) electrons. The van der Waals surface area contributed by atoms with E-state index in [4.69, 9.17) is 0 Å². The molecule has 1 heterocycles. The standard InChI is InChI=1S/C11H12N2O5S/c1-5(2)6-3-7-9(8(4-6)19(16,17)18)10(14)13-11(15)12-7/h3-5H,1-2H3,(H,16,17,18)(H2,12,13,14,15). The summed E-state index contributed by atoms with van der Waals surface area (Å²) in [6, 6.07) is 2.75. The van der Waals surface area contributed by atoms with Gasteiger partial charge in [0.05, 0.1) is 10.9 Å². The van der Waals surface area contributed by atoms with Crippen LogP contribution in [0, 0.1) is 0 Å². The van der Waals surface area contributed by atoms with Crippen LogP contribution in [0.1, 0.15) is 25.3 Å². The van der Waals surface area contributed by atoms with Crippen LogP contribution in [0.2, 0.25) is 0 Å². The minimum absolute atomic E-state index is 0.0345. The van der Waals surface area contributed by atoms with Crippen molar-refractivity contribution in [2.24, 2.45) is 0 Å². The molecule has 0 unspecified atom stereocenters. The average Bonchev–Trinajstić information content (AvgIpc) is 2.25. The third-order valence-electron chi connectivity index (χ3n) is 2.77. The van der Waals surface area contributed by atoms with E-state index in [0.29, 0.717) is 5.56 Å². The number of aromatic amines is 2. The van der Waals surface area contributed by atoms with Crippen molar-refractivity contribution < 1.29 is 13.0 Å². The van der Waals surface area contributed by atoms with E-state index in [9.17, 15) is 22.6 Å². The quantitative estimate of drug-likeness (QED) is 0.697. The Hall–Kier alpha value is -1.93. The number of aromatic nitrogens is 2. The zero-order valence-electron chi connectivity index (χ0n) is 10.2. The highest BCUT2D eigenvalue weighted by molar-refractivity contribution is 7.86. The van der Waals surface area contributed by atoms with Crippen molar-refractivity contribution in [3.63, 3.8) is 0 Å². The highest BCUT2D eigenvalue weighted by atomic mass is 32.2. The minimum Gasteiger partial charge on any atom is -0.307 e. The van der Waals surface area contributed by atoms with Crippen molar-refractivity contribution in [1.82, 2.24) is 9.97 Å². The average molecular weight is 284 g/mol. The molecule has 1 aromatic heterocycles. The van der Waals surface area contributed by atoms with E-state index in [0.717, 1.165) is 0 Å². The molecule has 2 rings (SSSR count). The van der Waals surface area contributed by atoms with E-state index in [-0.39, 0.29) is 16.8 Å². The third kappa shape index (κ3) is 2.45. The molecule has 0 aliphatic rings. The molecule has 19 heavy (non-hydrogen) atoms. The van der Waals surface area contributed by atoms with Gasteiger partial charge in [-0.15, -0.1) is 0 Å². The maximum atomic E-state index is 11.7. The molecule has 102 valence electrons. The van der Waals surface area contributed by atoms with Gasteiger partial charge in [-0.1, -0.05) is 13.8 Å². The van der Waals surface area contributed by atoms with Gasteiger partial charge in [0.25, 0.3) is 15.7 Å². The van der Waals surface area contributed by atoms with Crippen molar-refractivity contribution in [3.05, 3.63) is 38.5 Å². The lowest BCUT2D eigenvalue weighted by molar-refractivity contribution is 0.484. The van der Waals surface area contributed by atoms with Crippen molar-refractivity contribution in [2.45, 2.75) is 24.7 Å². The second-order valence-corrected chi connectivity index (χ2v) is 5.87. The zero-order valence-corrected chi connectivity index (χ0v) is 11.0. The molecule has 0 atom stereocenters. The summed E-state index contributed by atoms with van der Waals surface area (Å²) in [5.74, 6) is -0.0345. The van der Waals surface area contributed by atoms with Gasteiger partial charge in [0.2, 0.25) is 0 Å². The van der Waals surface area contributed by atoms with Crippen LogP contribution in [0.5, 0.6) is 0 Å². The van der Waals surface area contributed by atoms with Crippen LogP contribution in [-0.4, -0.2) is 22.9 Å². The lowest BCUT2D eigenvalue weighted by Crippen LogP contribution is -2.23. The van der Waals surface area contributed by atoms with Crippen LogP contribution in [0.3, 0.4) is 0 Å². The molecule has 2 aromatic rings.